The van der Waals surface area contributed by atoms with Crippen LogP contribution in [0.3, 0.4) is 0 Å². The molecule has 0 bridgehead atoms. The zero-order chi connectivity index (χ0) is 14.5. The summed E-state index contributed by atoms with van der Waals surface area (Å²) in [4.78, 5) is 0. The van der Waals surface area contributed by atoms with E-state index in [0.29, 0.717) is 39.6 Å². The molecule has 0 saturated carbocycles. The van der Waals surface area contributed by atoms with Gasteiger partial charge >= 0.3 is 0 Å². The fourth-order valence-electron chi connectivity index (χ4n) is 1.33. The summed E-state index contributed by atoms with van der Waals surface area (Å²) in [6.07, 6.45) is 10.1. The first-order valence-corrected chi connectivity index (χ1v) is 6.25. The Morgan fingerprint density at radius 1 is 0.700 bits per heavy atom. The zero-order valence-corrected chi connectivity index (χ0v) is 11.3. The van der Waals surface area contributed by atoms with E-state index in [1.54, 1.807) is 0 Å². The number of benzene rings is 1. The lowest BCUT2D eigenvalue weighted by Crippen LogP contribution is -2.07. The van der Waals surface area contributed by atoms with Gasteiger partial charge in [-0.25, -0.2) is 0 Å². The zero-order valence-electron chi connectivity index (χ0n) is 11.3. The second kappa shape index (κ2) is 10.8. The van der Waals surface area contributed by atoms with Gasteiger partial charge < -0.3 is 18.9 Å². The summed E-state index contributed by atoms with van der Waals surface area (Å²) in [6, 6.07) is 7.33. The van der Waals surface area contributed by atoms with Crippen molar-refractivity contribution in [2.45, 2.75) is 0 Å². The van der Waals surface area contributed by atoms with Gasteiger partial charge in [0.1, 0.15) is 37.9 Å². The molecule has 0 N–H and O–H groups in total. The van der Waals surface area contributed by atoms with Gasteiger partial charge in [0.25, 0.3) is 0 Å². The summed E-state index contributed by atoms with van der Waals surface area (Å²) >= 11 is 0. The SMILES string of the molecule is C#CCOCCOc1ccc(OCCOCC#C)cc1. The van der Waals surface area contributed by atoms with Gasteiger partial charge in [0, 0.05) is 0 Å². The third-order valence-corrected chi connectivity index (χ3v) is 2.19. The molecule has 0 atom stereocenters. The Balaban J connectivity index is 2.16. The van der Waals surface area contributed by atoms with Crippen LogP contribution in [0.25, 0.3) is 0 Å². The highest BCUT2D eigenvalue weighted by atomic mass is 16.5. The quantitative estimate of drug-likeness (QED) is 0.481. The van der Waals surface area contributed by atoms with Crippen LogP contribution >= 0.6 is 0 Å². The third-order valence-electron chi connectivity index (χ3n) is 2.19. The molecule has 20 heavy (non-hydrogen) atoms. The van der Waals surface area contributed by atoms with Crippen molar-refractivity contribution in [3.8, 4) is 36.2 Å². The average Bonchev–Trinajstić information content (AvgIpc) is 2.48. The first-order valence-electron chi connectivity index (χ1n) is 6.25. The highest BCUT2D eigenvalue weighted by molar-refractivity contribution is 5.31. The minimum absolute atomic E-state index is 0.303. The molecular formula is C16H18O4. The van der Waals surface area contributed by atoms with Crippen molar-refractivity contribution < 1.29 is 18.9 Å². The van der Waals surface area contributed by atoms with E-state index in [1.165, 1.54) is 0 Å². The normalized spacial score (nSPS) is 9.50. The Morgan fingerprint density at radius 3 is 1.45 bits per heavy atom. The molecule has 1 aromatic carbocycles. The second-order valence-electron chi connectivity index (χ2n) is 3.68. The summed E-state index contributed by atoms with van der Waals surface area (Å²) in [5.74, 6) is 6.29. The van der Waals surface area contributed by atoms with Gasteiger partial charge in [-0.05, 0) is 24.3 Å². The number of hydrogen-bond acceptors (Lipinski definition) is 4. The fourth-order valence-corrected chi connectivity index (χ4v) is 1.33. The standard InChI is InChI=1S/C16H18O4/c1-3-9-17-11-13-19-15-5-7-16(8-6-15)20-14-12-18-10-4-2/h1-2,5-8H,9-14H2. The highest BCUT2D eigenvalue weighted by Crippen LogP contribution is 2.17. The number of rotatable bonds is 10. The predicted octanol–water partition coefficient (Wildman–Crippen LogP) is 1.74. The maximum Gasteiger partial charge on any atom is 0.119 e. The summed E-state index contributed by atoms with van der Waals surface area (Å²) < 4.78 is 21.1. The fraction of sp³-hybridized carbons (Fsp3) is 0.375. The first kappa shape index (κ1) is 15.9. The number of ether oxygens (including phenoxy) is 4. The molecule has 0 aliphatic heterocycles. The first-order chi connectivity index (χ1) is 9.86. The molecule has 0 fully saturated rings. The van der Waals surface area contributed by atoms with Crippen molar-refractivity contribution >= 4 is 0 Å². The second-order valence-corrected chi connectivity index (χ2v) is 3.68. The Morgan fingerprint density at radius 2 is 1.10 bits per heavy atom. The minimum atomic E-state index is 0.303. The Kier molecular flexibility index (Phi) is 8.56. The van der Waals surface area contributed by atoms with Crippen molar-refractivity contribution in [1.82, 2.24) is 0 Å². The van der Waals surface area contributed by atoms with E-state index in [2.05, 4.69) is 11.8 Å². The molecule has 0 unspecified atom stereocenters. The van der Waals surface area contributed by atoms with Crippen LogP contribution in [0.5, 0.6) is 11.5 Å². The topological polar surface area (TPSA) is 36.9 Å². The van der Waals surface area contributed by atoms with Crippen LogP contribution in [0.2, 0.25) is 0 Å². The van der Waals surface area contributed by atoms with Crippen molar-refractivity contribution in [3.63, 3.8) is 0 Å². The van der Waals surface area contributed by atoms with E-state index in [0.717, 1.165) is 11.5 Å². The largest absolute Gasteiger partial charge is 0.491 e. The lowest BCUT2D eigenvalue weighted by atomic mass is 10.3. The molecule has 4 heteroatoms. The molecule has 0 amide bonds. The average molecular weight is 274 g/mol. The maximum absolute atomic E-state index is 5.47. The van der Waals surface area contributed by atoms with Crippen LogP contribution in [0.4, 0.5) is 0 Å². The van der Waals surface area contributed by atoms with E-state index < -0.39 is 0 Å². The molecule has 4 nitrogen and oxygen atoms in total. The number of terminal acetylenes is 2. The Hall–Kier alpha value is -2.14. The van der Waals surface area contributed by atoms with E-state index in [9.17, 15) is 0 Å². The lowest BCUT2D eigenvalue weighted by Gasteiger charge is -2.08. The van der Waals surface area contributed by atoms with E-state index in [4.69, 9.17) is 31.8 Å². The summed E-state index contributed by atoms with van der Waals surface area (Å²) in [7, 11) is 0. The maximum atomic E-state index is 5.47. The summed E-state index contributed by atoms with van der Waals surface area (Å²) in [5.41, 5.74) is 0. The van der Waals surface area contributed by atoms with Crippen molar-refractivity contribution in [1.29, 1.82) is 0 Å². The molecule has 1 rings (SSSR count). The van der Waals surface area contributed by atoms with Crippen LogP contribution in [0.15, 0.2) is 24.3 Å². The molecule has 0 aliphatic rings. The molecule has 0 radical (unpaired) electrons. The van der Waals surface area contributed by atoms with Crippen molar-refractivity contribution in [2.24, 2.45) is 0 Å². The smallest absolute Gasteiger partial charge is 0.119 e. The van der Waals surface area contributed by atoms with E-state index in [1.807, 2.05) is 24.3 Å². The van der Waals surface area contributed by atoms with Gasteiger partial charge in [0.15, 0.2) is 0 Å². The Labute approximate surface area is 120 Å². The van der Waals surface area contributed by atoms with Crippen LogP contribution in [-0.2, 0) is 9.47 Å². The predicted molar refractivity (Wildman–Crippen MR) is 76.7 cm³/mol. The van der Waals surface area contributed by atoms with Crippen molar-refractivity contribution in [3.05, 3.63) is 24.3 Å². The molecule has 0 saturated heterocycles. The summed E-state index contributed by atoms with van der Waals surface area (Å²) in [6.45, 7) is 2.46. The van der Waals surface area contributed by atoms with Gasteiger partial charge in [-0.3, -0.25) is 0 Å². The van der Waals surface area contributed by atoms with Crippen LogP contribution in [-0.4, -0.2) is 39.6 Å². The van der Waals surface area contributed by atoms with Gasteiger partial charge in [0.2, 0.25) is 0 Å². The molecule has 0 aliphatic carbocycles. The Bertz CT molecular complexity index is 396. The van der Waals surface area contributed by atoms with Crippen LogP contribution in [0.1, 0.15) is 0 Å². The van der Waals surface area contributed by atoms with Gasteiger partial charge in [-0.2, -0.15) is 0 Å². The number of hydrogen-bond donors (Lipinski definition) is 0. The lowest BCUT2D eigenvalue weighted by molar-refractivity contribution is 0.123. The molecule has 0 spiro atoms. The minimum Gasteiger partial charge on any atom is -0.491 e. The monoisotopic (exact) mass is 274 g/mol. The molecule has 0 heterocycles. The molecular weight excluding hydrogens is 256 g/mol. The van der Waals surface area contributed by atoms with Gasteiger partial charge in [0.05, 0.1) is 13.2 Å². The van der Waals surface area contributed by atoms with E-state index in [-0.39, 0.29) is 0 Å². The molecule has 0 aromatic heterocycles. The van der Waals surface area contributed by atoms with Crippen LogP contribution < -0.4 is 9.47 Å². The highest BCUT2D eigenvalue weighted by Gasteiger charge is 1.97. The molecule has 106 valence electrons. The van der Waals surface area contributed by atoms with Gasteiger partial charge in [-0.1, -0.05) is 11.8 Å². The molecule has 1 aromatic rings. The van der Waals surface area contributed by atoms with Crippen molar-refractivity contribution in [2.75, 3.05) is 39.6 Å². The van der Waals surface area contributed by atoms with E-state index >= 15 is 0 Å². The van der Waals surface area contributed by atoms with Crippen LogP contribution in [0, 0.1) is 24.7 Å². The van der Waals surface area contributed by atoms with Gasteiger partial charge in [-0.15, -0.1) is 12.8 Å². The third kappa shape index (κ3) is 7.33. The summed E-state index contributed by atoms with van der Waals surface area (Å²) in [5, 5.41) is 0.